The molecule has 6 fully saturated rings. The van der Waals surface area contributed by atoms with E-state index >= 15 is 0 Å². The van der Waals surface area contributed by atoms with Gasteiger partial charge in [-0.25, -0.2) is 0 Å². The summed E-state index contributed by atoms with van der Waals surface area (Å²) in [5.74, 6) is 2.34. The van der Waals surface area contributed by atoms with Gasteiger partial charge in [-0.15, -0.1) is 0 Å². The van der Waals surface area contributed by atoms with Crippen molar-refractivity contribution in [3.63, 3.8) is 0 Å². The van der Waals surface area contributed by atoms with E-state index in [0.29, 0.717) is 50.0 Å². The third-order valence-corrected chi connectivity index (χ3v) is 15.2. The smallest absolute Gasteiger partial charge is 0.302 e. The normalized spacial score (nSPS) is 42.1. The maximum atomic E-state index is 12.1. The fourth-order valence-electron chi connectivity index (χ4n) is 11.9. The lowest BCUT2D eigenvalue weighted by Crippen LogP contribution is -2.59. The number of hydrogen-bond acceptors (Lipinski definition) is 14. The molecule has 15 atom stereocenters. The average molecular weight is 833 g/mol. The first kappa shape index (κ1) is 45.4. The number of piperidine rings is 2. The summed E-state index contributed by atoms with van der Waals surface area (Å²) in [4.78, 5) is 16.9. The van der Waals surface area contributed by atoms with E-state index in [1.807, 2.05) is 0 Å². The van der Waals surface area contributed by atoms with Crippen LogP contribution in [0.4, 0.5) is 0 Å². The zero-order valence-corrected chi connectivity index (χ0v) is 36.1. The van der Waals surface area contributed by atoms with E-state index in [1.165, 1.54) is 32.6 Å². The van der Waals surface area contributed by atoms with Crippen LogP contribution in [-0.4, -0.2) is 133 Å². The topological polar surface area (TPSA) is 201 Å². The summed E-state index contributed by atoms with van der Waals surface area (Å²) in [6.45, 7) is 6.87. The summed E-state index contributed by atoms with van der Waals surface area (Å²) >= 11 is 0. The van der Waals surface area contributed by atoms with Crippen molar-refractivity contribution in [2.75, 3.05) is 39.3 Å². The number of guanidine groups is 1. The molecule has 0 aromatic rings. The molecule has 0 bridgehead atoms. The van der Waals surface area contributed by atoms with Gasteiger partial charge in [0, 0.05) is 45.0 Å². The Labute approximate surface area is 353 Å². The monoisotopic (exact) mass is 833 g/mol. The van der Waals surface area contributed by atoms with Crippen LogP contribution in [-0.2, 0) is 23.7 Å². The van der Waals surface area contributed by atoms with Gasteiger partial charge in [-0.1, -0.05) is 0 Å². The van der Waals surface area contributed by atoms with Crippen LogP contribution in [0.5, 0.6) is 0 Å². The molecule has 4 aliphatic heterocycles. The summed E-state index contributed by atoms with van der Waals surface area (Å²) in [5.41, 5.74) is 6.09. The molecule has 1 spiro atoms. The van der Waals surface area contributed by atoms with Crippen LogP contribution in [0.15, 0.2) is 4.99 Å². The minimum Gasteiger partial charge on any atom is -0.462 e. The minimum absolute atomic E-state index is 0.00193. The summed E-state index contributed by atoms with van der Waals surface area (Å²) in [7, 11) is 0. The van der Waals surface area contributed by atoms with Crippen molar-refractivity contribution in [2.24, 2.45) is 34.4 Å². The Morgan fingerprint density at radius 2 is 1.76 bits per heavy atom. The van der Waals surface area contributed by atoms with Gasteiger partial charge >= 0.3 is 5.97 Å². The number of nitrogens with one attached hydrogen (secondary N) is 4. The molecule has 3 saturated carbocycles. The highest BCUT2D eigenvalue weighted by Crippen LogP contribution is 2.40. The quantitative estimate of drug-likeness (QED) is 0.0884. The molecule has 4 heterocycles. The number of nitrogens with zero attached hydrogens (tertiary/aromatic N) is 1. The van der Waals surface area contributed by atoms with Gasteiger partial charge < -0.3 is 61.3 Å². The predicted octanol–water partition coefficient (Wildman–Crippen LogP) is 3.38. The Bertz CT molecular complexity index is 1320. The zero-order chi connectivity index (χ0) is 41.2. The number of nitrogens with two attached hydrogens (primary N) is 1. The summed E-state index contributed by atoms with van der Waals surface area (Å²) in [5, 5.41) is 47.2. The molecule has 0 aromatic carbocycles. The van der Waals surface area contributed by atoms with Gasteiger partial charge in [0.05, 0.1) is 48.9 Å². The summed E-state index contributed by atoms with van der Waals surface area (Å²) in [6, 6.07) is 0. The van der Waals surface area contributed by atoms with Gasteiger partial charge in [-0.2, -0.15) is 0 Å². The van der Waals surface area contributed by atoms with Crippen LogP contribution in [0.2, 0.25) is 0 Å². The Kier molecular flexibility index (Phi) is 17.0. The Balaban J connectivity index is 0.868. The molecular formula is C45H80N6O8. The van der Waals surface area contributed by atoms with E-state index in [1.54, 1.807) is 0 Å². The highest BCUT2D eigenvalue weighted by Gasteiger charge is 2.45. The molecule has 0 amide bonds. The second-order valence-corrected chi connectivity index (χ2v) is 19.8. The highest BCUT2D eigenvalue weighted by atomic mass is 16.6. The first-order chi connectivity index (χ1) is 28.6. The van der Waals surface area contributed by atoms with Gasteiger partial charge in [-0.3, -0.25) is 9.79 Å². The molecule has 9 N–H and O–H groups in total. The lowest BCUT2D eigenvalue weighted by molar-refractivity contribution is -0.182. The highest BCUT2D eigenvalue weighted by molar-refractivity contribution is 5.81. The second-order valence-electron chi connectivity index (χ2n) is 19.8. The molecule has 338 valence electrons. The van der Waals surface area contributed by atoms with E-state index in [-0.39, 0.29) is 54.1 Å². The lowest BCUT2D eigenvalue weighted by atomic mass is 9.76. The maximum absolute atomic E-state index is 12.1. The van der Waals surface area contributed by atoms with E-state index < -0.39 is 24.4 Å². The number of aliphatic hydroxyl groups excluding tert-OH is 3. The number of esters is 1. The number of aliphatic hydroxyl groups is 3. The molecule has 14 nitrogen and oxygen atoms in total. The third kappa shape index (κ3) is 13.4. The largest absolute Gasteiger partial charge is 0.462 e. The SMILES string of the molecule is CC(=O)O[C@H]1C[C@H](CCC2CCC(O)C(O[C@H]3CCC[C@@]4(CCN=C(NCCCC5CCNC(N)C5)N4)C3)C2)O[C@H](C2CC(O)C(O)C(OCCC3CCCNC3)C2)C1. The van der Waals surface area contributed by atoms with Gasteiger partial charge in [0.1, 0.15) is 12.2 Å². The van der Waals surface area contributed by atoms with Crippen molar-refractivity contribution in [2.45, 2.75) is 208 Å². The van der Waals surface area contributed by atoms with Crippen LogP contribution < -0.4 is 27.0 Å². The average Bonchev–Trinajstić information content (AvgIpc) is 3.21. The van der Waals surface area contributed by atoms with E-state index in [2.05, 4.69) is 21.3 Å². The number of ether oxygens (including phenoxy) is 4. The molecule has 10 unspecified atom stereocenters. The fraction of sp³-hybridized carbons (Fsp3) is 0.956. The maximum Gasteiger partial charge on any atom is 0.302 e. The van der Waals surface area contributed by atoms with Gasteiger partial charge in [0.25, 0.3) is 0 Å². The first-order valence-corrected chi connectivity index (χ1v) is 24.0. The summed E-state index contributed by atoms with van der Waals surface area (Å²) in [6.07, 6.45) is 16.5. The van der Waals surface area contributed by atoms with Gasteiger partial charge in [0.15, 0.2) is 5.96 Å². The number of carbonyl (C=O) groups is 1. The Morgan fingerprint density at radius 3 is 2.59 bits per heavy atom. The van der Waals surface area contributed by atoms with Crippen molar-refractivity contribution in [3.8, 4) is 0 Å². The third-order valence-electron chi connectivity index (χ3n) is 15.2. The van der Waals surface area contributed by atoms with Crippen LogP contribution in [0.3, 0.4) is 0 Å². The van der Waals surface area contributed by atoms with Crippen molar-refractivity contribution < 1.29 is 39.1 Å². The van der Waals surface area contributed by atoms with Crippen LogP contribution in [0.1, 0.15) is 142 Å². The van der Waals surface area contributed by atoms with E-state index in [9.17, 15) is 20.1 Å². The standard InChI is InChI=1S/C45H80N6O8/c1-29(52)57-36-25-34(58-39(26-36)33-23-38(54)43(55)41(24-33)56-20-13-32-6-3-16-47-28-32)10-8-31-9-11-37(53)40(21-31)59-35-7-2-14-45(27-35)15-19-50-44(51-45)49-17-4-5-30-12-18-48-42(46)22-30/h30-43,47-48,53-55H,2-28,46H2,1H3,(H2,49,50,51)/t30?,31?,32?,33?,34-,35-,36-,37?,38?,39-,40?,41?,42?,43?,45+/m0/s1. The lowest BCUT2D eigenvalue weighted by Gasteiger charge is -2.46. The molecule has 59 heavy (non-hydrogen) atoms. The van der Waals surface area contributed by atoms with Crippen LogP contribution in [0, 0.1) is 23.7 Å². The molecule has 3 aliphatic carbocycles. The Hall–Kier alpha value is -1.62. The molecular weight excluding hydrogens is 753 g/mol. The van der Waals surface area contributed by atoms with E-state index in [0.717, 1.165) is 122 Å². The van der Waals surface area contributed by atoms with Crippen molar-refractivity contribution in [1.82, 2.24) is 21.3 Å². The predicted molar refractivity (Wildman–Crippen MR) is 227 cm³/mol. The Morgan fingerprint density at radius 1 is 0.881 bits per heavy atom. The molecule has 14 heteroatoms. The molecule has 3 saturated heterocycles. The second kappa shape index (κ2) is 22.1. The minimum atomic E-state index is -0.914. The van der Waals surface area contributed by atoms with Crippen LogP contribution >= 0.6 is 0 Å². The van der Waals surface area contributed by atoms with Crippen LogP contribution in [0.25, 0.3) is 0 Å². The van der Waals surface area contributed by atoms with E-state index in [4.69, 9.17) is 29.7 Å². The van der Waals surface area contributed by atoms with Gasteiger partial charge in [-0.05, 0) is 165 Å². The number of aliphatic imine (C=N–C) groups is 1. The molecule has 7 aliphatic rings. The first-order valence-electron chi connectivity index (χ1n) is 24.0. The molecule has 0 radical (unpaired) electrons. The zero-order valence-electron chi connectivity index (χ0n) is 36.1. The van der Waals surface area contributed by atoms with Crippen molar-refractivity contribution in [3.05, 3.63) is 0 Å². The number of hydrogen-bond donors (Lipinski definition) is 8. The number of carbonyl (C=O) groups excluding carboxylic acids is 1. The number of rotatable bonds is 15. The van der Waals surface area contributed by atoms with Gasteiger partial charge in [0.2, 0.25) is 0 Å². The van der Waals surface area contributed by atoms with Crippen molar-refractivity contribution >= 4 is 11.9 Å². The summed E-state index contributed by atoms with van der Waals surface area (Å²) < 4.78 is 25.7. The molecule has 0 aromatic heterocycles. The van der Waals surface area contributed by atoms with Crippen molar-refractivity contribution in [1.29, 1.82) is 0 Å². The molecule has 7 rings (SSSR count). The fourth-order valence-corrected chi connectivity index (χ4v) is 11.9.